The fourth-order valence-corrected chi connectivity index (χ4v) is 1.97. The molecule has 0 aromatic carbocycles. The van der Waals surface area contributed by atoms with Gasteiger partial charge >= 0.3 is 0 Å². The quantitative estimate of drug-likeness (QED) is 0.670. The van der Waals surface area contributed by atoms with Gasteiger partial charge in [-0.15, -0.1) is 0 Å². The molecule has 1 atom stereocenters. The molecule has 0 saturated carbocycles. The van der Waals surface area contributed by atoms with Gasteiger partial charge in [0.15, 0.2) is 0 Å². The van der Waals surface area contributed by atoms with Gasteiger partial charge in [-0.05, 0) is 37.3 Å². The van der Waals surface area contributed by atoms with Crippen molar-refractivity contribution < 1.29 is 0 Å². The van der Waals surface area contributed by atoms with E-state index in [9.17, 15) is 0 Å². The minimum Gasteiger partial charge on any atom is -0.316 e. The van der Waals surface area contributed by atoms with Gasteiger partial charge in [-0.2, -0.15) is 0 Å². The highest BCUT2D eigenvalue weighted by atomic mass is 14.9. The number of hydrogen-bond acceptors (Lipinski definition) is 1. The molecule has 12 heavy (non-hydrogen) atoms. The van der Waals surface area contributed by atoms with Crippen LogP contribution >= 0.6 is 0 Å². The first-order chi connectivity index (χ1) is 5.67. The largest absolute Gasteiger partial charge is 0.316 e. The zero-order valence-corrected chi connectivity index (χ0v) is 8.82. The number of rotatable bonds is 2. The molecule has 1 nitrogen and oxygen atoms in total. The van der Waals surface area contributed by atoms with Crippen molar-refractivity contribution in [2.45, 2.75) is 46.5 Å². The van der Waals surface area contributed by atoms with Crippen molar-refractivity contribution in [3.63, 3.8) is 0 Å². The average Bonchev–Trinajstić information content (AvgIpc) is 2.32. The fourth-order valence-electron chi connectivity index (χ4n) is 1.97. The summed E-state index contributed by atoms with van der Waals surface area (Å²) in [6.07, 6.45) is 5.52. The summed E-state index contributed by atoms with van der Waals surface area (Å²) < 4.78 is 0. The molecular weight excluding hydrogens is 146 g/mol. The Bertz CT molecular complexity index is 121. The minimum atomic E-state index is 0.539. The maximum atomic E-state index is 3.54. The van der Waals surface area contributed by atoms with Crippen molar-refractivity contribution in [2.75, 3.05) is 13.1 Å². The lowest BCUT2D eigenvalue weighted by Gasteiger charge is -2.32. The molecule has 1 N–H and O–H groups in total. The van der Waals surface area contributed by atoms with Crippen molar-refractivity contribution in [1.29, 1.82) is 0 Å². The van der Waals surface area contributed by atoms with Crippen LogP contribution in [0.4, 0.5) is 0 Å². The van der Waals surface area contributed by atoms with Gasteiger partial charge in [0.25, 0.3) is 0 Å². The molecule has 0 bridgehead atoms. The first kappa shape index (κ1) is 10.0. The van der Waals surface area contributed by atoms with E-state index in [1.165, 1.54) is 38.8 Å². The fraction of sp³-hybridized carbons (Fsp3) is 1.00. The summed E-state index contributed by atoms with van der Waals surface area (Å²) in [5.74, 6) is 0.894. The van der Waals surface area contributed by atoms with E-state index >= 15 is 0 Å². The molecule has 1 heteroatoms. The highest BCUT2D eigenvalue weighted by Crippen LogP contribution is 2.34. The zero-order valence-electron chi connectivity index (χ0n) is 8.82. The van der Waals surface area contributed by atoms with Crippen LogP contribution in [-0.2, 0) is 0 Å². The molecule has 0 amide bonds. The van der Waals surface area contributed by atoms with Gasteiger partial charge in [0.2, 0.25) is 0 Å². The number of hydrogen-bond donors (Lipinski definition) is 1. The molecule has 1 heterocycles. The third-order valence-corrected chi connectivity index (χ3v) is 3.56. The van der Waals surface area contributed by atoms with Crippen molar-refractivity contribution in [2.24, 2.45) is 11.3 Å². The summed E-state index contributed by atoms with van der Waals surface area (Å²) >= 11 is 0. The Morgan fingerprint density at radius 2 is 2.08 bits per heavy atom. The molecule has 1 fully saturated rings. The summed E-state index contributed by atoms with van der Waals surface area (Å²) in [5, 5.41) is 3.54. The Morgan fingerprint density at radius 3 is 2.75 bits per heavy atom. The zero-order chi connectivity index (χ0) is 9.03. The number of nitrogens with one attached hydrogen (secondary N) is 1. The van der Waals surface area contributed by atoms with Crippen LogP contribution in [0.5, 0.6) is 0 Å². The van der Waals surface area contributed by atoms with E-state index in [1.807, 2.05) is 0 Å². The van der Waals surface area contributed by atoms with Gasteiger partial charge in [-0.3, -0.25) is 0 Å². The Labute approximate surface area is 76.9 Å². The topological polar surface area (TPSA) is 12.0 Å². The van der Waals surface area contributed by atoms with Crippen molar-refractivity contribution in [1.82, 2.24) is 5.32 Å². The van der Waals surface area contributed by atoms with Crippen LogP contribution in [0, 0.1) is 11.3 Å². The highest BCUT2D eigenvalue weighted by Gasteiger charge is 2.27. The monoisotopic (exact) mass is 169 g/mol. The average molecular weight is 169 g/mol. The van der Waals surface area contributed by atoms with E-state index in [0.717, 1.165) is 5.92 Å². The molecule has 1 unspecified atom stereocenters. The van der Waals surface area contributed by atoms with Crippen LogP contribution in [-0.4, -0.2) is 13.1 Å². The molecule has 1 aliphatic rings. The van der Waals surface area contributed by atoms with Crippen molar-refractivity contribution >= 4 is 0 Å². The van der Waals surface area contributed by atoms with Gasteiger partial charge in [0, 0.05) is 0 Å². The van der Waals surface area contributed by atoms with E-state index in [2.05, 4.69) is 26.1 Å². The molecule has 0 aromatic rings. The molecule has 0 aliphatic carbocycles. The lowest BCUT2D eigenvalue weighted by molar-refractivity contribution is 0.193. The Balaban J connectivity index is 2.47. The maximum Gasteiger partial charge on any atom is -0.00154 e. The minimum absolute atomic E-state index is 0.539. The second-order valence-electron chi connectivity index (χ2n) is 4.74. The molecule has 1 aliphatic heterocycles. The van der Waals surface area contributed by atoms with Crippen molar-refractivity contribution in [3.05, 3.63) is 0 Å². The lowest BCUT2D eigenvalue weighted by atomic mass is 9.74. The van der Waals surface area contributed by atoms with Gasteiger partial charge in [-0.25, -0.2) is 0 Å². The van der Waals surface area contributed by atoms with E-state index in [4.69, 9.17) is 0 Å². The Kier molecular flexibility index (Phi) is 3.57. The molecule has 0 spiro atoms. The predicted molar refractivity (Wildman–Crippen MR) is 54.3 cm³/mol. The highest BCUT2D eigenvalue weighted by molar-refractivity contribution is 4.80. The summed E-state index contributed by atoms with van der Waals surface area (Å²) in [6.45, 7) is 9.59. The lowest BCUT2D eigenvalue weighted by Crippen LogP contribution is -2.31. The molecule has 0 aromatic heterocycles. The smallest absolute Gasteiger partial charge is 0.00154 e. The van der Waals surface area contributed by atoms with Crippen molar-refractivity contribution in [3.8, 4) is 0 Å². The van der Waals surface area contributed by atoms with Crippen LogP contribution in [0.3, 0.4) is 0 Å². The maximum absolute atomic E-state index is 3.54. The van der Waals surface area contributed by atoms with Crippen LogP contribution in [0.15, 0.2) is 0 Å². The summed E-state index contributed by atoms with van der Waals surface area (Å²) in [4.78, 5) is 0. The summed E-state index contributed by atoms with van der Waals surface area (Å²) in [6, 6.07) is 0. The Morgan fingerprint density at radius 1 is 1.33 bits per heavy atom. The van der Waals surface area contributed by atoms with Crippen LogP contribution in [0.25, 0.3) is 0 Å². The first-order valence-corrected chi connectivity index (χ1v) is 5.37. The van der Waals surface area contributed by atoms with Gasteiger partial charge in [0.05, 0.1) is 0 Å². The second-order valence-corrected chi connectivity index (χ2v) is 4.74. The van der Waals surface area contributed by atoms with Gasteiger partial charge < -0.3 is 5.32 Å². The third-order valence-electron chi connectivity index (χ3n) is 3.56. The van der Waals surface area contributed by atoms with Crippen LogP contribution in [0.1, 0.15) is 46.5 Å². The summed E-state index contributed by atoms with van der Waals surface area (Å²) in [5.41, 5.74) is 0.539. The molecule has 1 rings (SSSR count). The standard InChI is InChI=1S/C11H23N/c1-4-11(2,3)10-7-5-6-8-12-9-10/h10,12H,4-9H2,1-3H3. The Hall–Kier alpha value is -0.0400. The molecule has 72 valence electrons. The summed E-state index contributed by atoms with van der Waals surface area (Å²) in [7, 11) is 0. The van der Waals surface area contributed by atoms with E-state index in [1.54, 1.807) is 0 Å². The second kappa shape index (κ2) is 4.27. The molecular formula is C11H23N. The molecule has 1 saturated heterocycles. The predicted octanol–water partition coefficient (Wildman–Crippen LogP) is 2.81. The van der Waals surface area contributed by atoms with Crippen LogP contribution < -0.4 is 5.32 Å². The first-order valence-electron chi connectivity index (χ1n) is 5.37. The van der Waals surface area contributed by atoms with Gasteiger partial charge in [-0.1, -0.05) is 33.6 Å². The normalized spacial score (nSPS) is 26.8. The van der Waals surface area contributed by atoms with Gasteiger partial charge in [0.1, 0.15) is 0 Å². The van der Waals surface area contributed by atoms with E-state index in [-0.39, 0.29) is 0 Å². The molecule has 0 radical (unpaired) electrons. The SMILES string of the molecule is CCC(C)(C)C1CCCCNC1. The van der Waals surface area contributed by atoms with E-state index < -0.39 is 0 Å². The van der Waals surface area contributed by atoms with E-state index in [0.29, 0.717) is 5.41 Å². The third kappa shape index (κ3) is 2.48. The van der Waals surface area contributed by atoms with Crippen LogP contribution in [0.2, 0.25) is 0 Å².